The van der Waals surface area contributed by atoms with Gasteiger partial charge in [0.1, 0.15) is 11.5 Å². The predicted octanol–water partition coefficient (Wildman–Crippen LogP) is 1.03. The maximum absolute atomic E-state index is 12.4. The van der Waals surface area contributed by atoms with Gasteiger partial charge in [-0.05, 0) is 48.4 Å². The Morgan fingerprint density at radius 1 is 1.29 bits per heavy atom. The van der Waals surface area contributed by atoms with Gasteiger partial charge in [-0.1, -0.05) is 13.8 Å². The minimum atomic E-state index is -3.59. The van der Waals surface area contributed by atoms with Crippen LogP contribution < -0.4 is 0 Å². The highest BCUT2D eigenvalue weighted by Crippen LogP contribution is 2.26. The smallest absolute Gasteiger partial charge is 0.237 e. The van der Waals surface area contributed by atoms with E-state index in [0.29, 0.717) is 18.3 Å². The Labute approximate surface area is 143 Å². The summed E-state index contributed by atoms with van der Waals surface area (Å²) >= 11 is 0. The zero-order valence-corrected chi connectivity index (χ0v) is 15.5. The molecule has 9 heteroatoms. The molecule has 0 N–H and O–H groups in total. The number of aryl methyl sites for hydroxylation is 1. The number of nitrogens with zero attached hydrogens (tertiary/aromatic N) is 5. The van der Waals surface area contributed by atoms with Crippen molar-refractivity contribution in [2.24, 2.45) is 5.92 Å². The zero-order chi connectivity index (χ0) is 17.7. The summed E-state index contributed by atoms with van der Waals surface area (Å²) in [5.74, 6) is -0.163. The Morgan fingerprint density at radius 2 is 1.96 bits per heavy atom. The average molecular weight is 357 g/mol. The van der Waals surface area contributed by atoms with E-state index in [2.05, 4.69) is 22.4 Å². The van der Waals surface area contributed by atoms with Crippen molar-refractivity contribution >= 4 is 15.7 Å². The minimum absolute atomic E-state index is 0.148. The summed E-state index contributed by atoms with van der Waals surface area (Å²) < 4.78 is 26.2. The fraction of sp³-hybridized carbons (Fsp3) is 0.867. The van der Waals surface area contributed by atoms with Crippen molar-refractivity contribution in [1.29, 1.82) is 0 Å². The summed E-state index contributed by atoms with van der Waals surface area (Å²) in [6.07, 6.45) is 4.86. The van der Waals surface area contributed by atoms with Gasteiger partial charge in [0.15, 0.2) is 15.7 Å². The lowest BCUT2D eigenvalue weighted by atomic mass is 9.87. The molecule has 8 nitrogen and oxygen atoms in total. The van der Waals surface area contributed by atoms with Crippen molar-refractivity contribution in [1.82, 2.24) is 25.1 Å². The normalized spacial score (nSPS) is 21.6. The van der Waals surface area contributed by atoms with E-state index >= 15 is 0 Å². The summed E-state index contributed by atoms with van der Waals surface area (Å²) in [6.45, 7) is 4.73. The highest BCUT2D eigenvalue weighted by molar-refractivity contribution is 7.91. The van der Waals surface area contributed by atoms with Gasteiger partial charge in [0, 0.05) is 19.6 Å². The molecule has 1 aliphatic rings. The number of hydrogen-bond acceptors (Lipinski definition) is 6. The molecule has 1 aliphatic carbocycles. The first-order chi connectivity index (χ1) is 11.3. The Morgan fingerprint density at radius 3 is 2.58 bits per heavy atom. The Kier molecular flexibility index (Phi) is 6.31. The molecule has 0 atom stereocenters. The monoisotopic (exact) mass is 357 g/mol. The van der Waals surface area contributed by atoms with E-state index < -0.39 is 15.6 Å². The number of amides is 1. The third kappa shape index (κ3) is 4.99. The number of aromatic nitrogens is 4. The van der Waals surface area contributed by atoms with Crippen LogP contribution in [0.1, 0.15) is 51.8 Å². The standard InChI is InChI=1S/C15H27N5O3S/c1-4-9-20-14(16-17-18-20)10-24(22,23)11-15(21)19(3)13-7-5-12(2)6-8-13/h12-13H,4-11H2,1-3H3. The van der Waals surface area contributed by atoms with Gasteiger partial charge in [-0.2, -0.15) is 0 Å². The second kappa shape index (κ2) is 8.04. The third-order valence-electron chi connectivity index (χ3n) is 4.66. The van der Waals surface area contributed by atoms with Crippen molar-refractivity contribution < 1.29 is 13.2 Å². The van der Waals surface area contributed by atoms with Crippen molar-refractivity contribution in [3.8, 4) is 0 Å². The van der Waals surface area contributed by atoms with Crippen molar-refractivity contribution in [2.45, 2.75) is 64.3 Å². The summed E-state index contributed by atoms with van der Waals surface area (Å²) in [5, 5.41) is 11.1. The van der Waals surface area contributed by atoms with Crippen LogP contribution in [0.25, 0.3) is 0 Å². The van der Waals surface area contributed by atoms with Gasteiger partial charge in [0.05, 0.1) is 0 Å². The van der Waals surface area contributed by atoms with Gasteiger partial charge in [0.2, 0.25) is 5.91 Å². The van der Waals surface area contributed by atoms with Crippen LogP contribution in [-0.2, 0) is 26.9 Å². The third-order valence-corrected chi connectivity index (χ3v) is 6.05. The molecule has 1 aromatic rings. The summed E-state index contributed by atoms with van der Waals surface area (Å²) in [6, 6.07) is 0.148. The summed E-state index contributed by atoms with van der Waals surface area (Å²) in [7, 11) is -1.89. The van der Waals surface area contributed by atoms with E-state index in [-0.39, 0.29) is 17.7 Å². The molecule has 0 aliphatic heterocycles. The average Bonchev–Trinajstić information content (AvgIpc) is 2.93. The number of carbonyl (C=O) groups is 1. The Balaban J connectivity index is 1.95. The lowest BCUT2D eigenvalue weighted by molar-refractivity contribution is -0.129. The van der Waals surface area contributed by atoms with Crippen LogP contribution >= 0.6 is 0 Å². The van der Waals surface area contributed by atoms with Gasteiger partial charge in [-0.15, -0.1) is 5.10 Å². The van der Waals surface area contributed by atoms with Gasteiger partial charge < -0.3 is 4.90 Å². The molecule has 1 saturated carbocycles. The molecule has 0 radical (unpaired) electrons. The first-order valence-corrected chi connectivity index (χ1v) is 10.4. The van der Waals surface area contributed by atoms with Crippen molar-refractivity contribution in [2.75, 3.05) is 12.8 Å². The van der Waals surface area contributed by atoms with Crippen LogP contribution in [0.15, 0.2) is 0 Å². The molecule has 1 heterocycles. The second-order valence-electron chi connectivity index (χ2n) is 6.77. The lowest BCUT2D eigenvalue weighted by Crippen LogP contribution is -2.42. The molecule has 0 unspecified atom stereocenters. The maximum Gasteiger partial charge on any atom is 0.237 e. The molecule has 24 heavy (non-hydrogen) atoms. The minimum Gasteiger partial charge on any atom is -0.342 e. The van der Waals surface area contributed by atoms with Crippen molar-refractivity contribution in [3.05, 3.63) is 5.82 Å². The van der Waals surface area contributed by atoms with E-state index in [1.54, 1.807) is 11.9 Å². The molecule has 0 spiro atoms. The van der Waals surface area contributed by atoms with E-state index in [9.17, 15) is 13.2 Å². The first kappa shape index (κ1) is 18.8. The molecule has 2 rings (SSSR count). The SMILES string of the molecule is CCCn1nnnc1CS(=O)(=O)CC(=O)N(C)C1CCC(C)CC1. The molecular weight excluding hydrogens is 330 g/mol. The topological polar surface area (TPSA) is 98.0 Å². The fourth-order valence-electron chi connectivity index (χ4n) is 3.08. The molecule has 0 saturated heterocycles. The zero-order valence-electron chi connectivity index (χ0n) is 14.7. The number of carbonyl (C=O) groups excluding carboxylic acids is 1. The molecule has 136 valence electrons. The maximum atomic E-state index is 12.4. The second-order valence-corrected chi connectivity index (χ2v) is 8.83. The molecular formula is C15H27N5O3S. The first-order valence-electron chi connectivity index (χ1n) is 8.53. The highest BCUT2D eigenvalue weighted by Gasteiger charge is 2.28. The molecule has 1 aromatic heterocycles. The fourth-order valence-corrected chi connectivity index (χ4v) is 4.37. The van der Waals surface area contributed by atoms with Crippen LogP contribution in [0.2, 0.25) is 0 Å². The van der Waals surface area contributed by atoms with Crippen LogP contribution in [0, 0.1) is 5.92 Å². The van der Waals surface area contributed by atoms with Crippen LogP contribution in [0.3, 0.4) is 0 Å². The highest BCUT2D eigenvalue weighted by atomic mass is 32.2. The van der Waals surface area contributed by atoms with E-state index in [1.807, 2.05) is 6.92 Å². The molecule has 0 bridgehead atoms. The Hall–Kier alpha value is -1.51. The van der Waals surface area contributed by atoms with E-state index in [1.165, 1.54) is 4.68 Å². The van der Waals surface area contributed by atoms with E-state index in [0.717, 1.165) is 32.1 Å². The number of sulfone groups is 1. The quantitative estimate of drug-likeness (QED) is 0.723. The molecule has 1 fully saturated rings. The number of hydrogen-bond donors (Lipinski definition) is 0. The molecule has 0 aromatic carbocycles. The summed E-state index contributed by atoms with van der Waals surface area (Å²) in [4.78, 5) is 14.0. The predicted molar refractivity (Wildman–Crippen MR) is 89.8 cm³/mol. The van der Waals surface area contributed by atoms with Crippen molar-refractivity contribution in [3.63, 3.8) is 0 Å². The van der Waals surface area contributed by atoms with E-state index in [4.69, 9.17) is 0 Å². The van der Waals surface area contributed by atoms with Gasteiger partial charge >= 0.3 is 0 Å². The lowest BCUT2D eigenvalue weighted by Gasteiger charge is -2.33. The Bertz CT molecular complexity index is 650. The summed E-state index contributed by atoms with van der Waals surface area (Å²) in [5.41, 5.74) is 0. The molecule has 1 amide bonds. The van der Waals surface area contributed by atoms with Crippen LogP contribution in [0.5, 0.6) is 0 Å². The largest absolute Gasteiger partial charge is 0.342 e. The van der Waals surface area contributed by atoms with Gasteiger partial charge in [0.25, 0.3) is 0 Å². The van der Waals surface area contributed by atoms with Gasteiger partial charge in [-0.3, -0.25) is 4.79 Å². The van der Waals surface area contributed by atoms with Crippen LogP contribution in [0.4, 0.5) is 0 Å². The number of rotatable bonds is 7. The number of tetrazole rings is 1. The van der Waals surface area contributed by atoms with Gasteiger partial charge in [-0.25, -0.2) is 13.1 Å². The van der Waals surface area contributed by atoms with Crippen LogP contribution in [-0.4, -0.2) is 58.3 Å².